The van der Waals surface area contributed by atoms with Crippen molar-refractivity contribution >= 4 is 46.5 Å². The lowest BCUT2D eigenvalue weighted by Gasteiger charge is -2.24. The molecule has 3 aromatic rings. The minimum absolute atomic E-state index is 0.0312. The third kappa shape index (κ3) is 6.65. The fourth-order valence-corrected chi connectivity index (χ4v) is 3.43. The number of aryl methyl sites for hydroxylation is 1. The van der Waals surface area contributed by atoms with Gasteiger partial charge in [-0.25, -0.2) is 4.79 Å². The van der Waals surface area contributed by atoms with Crippen molar-refractivity contribution in [2.24, 2.45) is 0 Å². The molecule has 0 unspecified atom stereocenters. The molecule has 0 fully saturated rings. The quantitative estimate of drug-likeness (QED) is 0.384. The highest BCUT2D eigenvalue weighted by atomic mass is 35.5. The lowest BCUT2D eigenvalue weighted by atomic mass is 10.1. The highest BCUT2D eigenvalue weighted by molar-refractivity contribution is 6.42. The van der Waals surface area contributed by atoms with Crippen LogP contribution < -0.4 is 15.5 Å². The minimum atomic E-state index is -4.57. The second kappa shape index (κ2) is 10.8. The largest absolute Gasteiger partial charge is 0.416 e. The number of hydrogen-bond donors (Lipinski definition) is 2. The molecule has 178 valence electrons. The molecule has 5 nitrogen and oxygen atoms in total. The number of nitrogens with zero attached hydrogens (tertiary/aromatic N) is 1. The van der Waals surface area contributed by atoms with Gasteiger partial charge in [0.15, 0.2) is 0 Å². The van der Waals surface area contributed by atoms with Gasteiger partial charge in [0.25, 0.3) is 5.91 Å². The molecule has 0 saturated heterocycles. The van der Waals surface area contributed by atoms with Gasteiger partial charge in [-0.05, 0) is 61.0 Å². The number of anilines is 2. The summed E-state index contributed by atoms with van der Waals surface area (Å²) in [6.07, 6.45) is -4.57. The Morgan fingerprint density at radius 1 is 0.941 bits per heavy atom. The second-order valence-corrected chi connectivity index (χ2v) is 8.20. The molecular formula is C24H20Cl2F3N3O2. The third-order valence-corrected chi connectivity index (χ3v) is 5.54. The van der Waals surface area contributed by atoms with E-state index < -0.39 is 23.7 Å². The summed E-state index contributed by atoms with van der Waals surface area (Å²) in [5.41, 5.74) is 0.783. The summed E-state index contributed by atoms with van der Waals surface area (Å²) in [5.74, 6) is -0.471. The number of halogens is 5. The third-order valence-electron chi connectivity index (χ3n) is 4.80. The van der Waals surface area contributed by atoms with Crippen LogP contribution in [-0.4, -0.2) is 25.0 Å². The first-order valence-electron chi connectivity index (χ1n) is 10.1. The van der Waals surface area contributed by atoms with E-state index >= 15 is 0 Å². The van der Waals surface area contributed by atoms with Gasteiger partial charge < -0.3 is 10.6 Å². The van der Waals surface area contributed by atoms with Crippen LogP contribution in [0.25, 0.3) is 0 Å². The van der Waals surface area contributed by atoms with Crippen LogP contribution in [0.4, 0.5) is 29.3 Å². The summed E-state index contributed by atoms with van der Waals surface area (Å²) in [6, 6.07) is 15.1. The Bertz CT molecular complexity index is 1200. The minimum Gasteiger partial charge on any atom is -0.350 e. The van der Waals surface area contributed by atoms with Crippen LogP contribution in [0, 0.1) is 6.92 Å². The van der Waals surface area contributed by atoms with Gasteiger partial charge in [-0.3, -0.25) is 9.69 Å². The lowest BCUT2D eigenvalue weighted by Crippen LogP contribution is -2.41. The topological polar surface area (TPSA) is 61.4 Å². The van der Waals surface area contributed by atoms with Crippen LogP contribution in [0.5, 0.6) is 0 Å². The molecule has 0 aromatic heterocycles. The maximum absolute atomic E-state index is 13.2. The monoisotopic (exact) mass is 509 g/mol. The summed E-state index contributed by atoms with van der Waals surface area (Å²) in [6.45, 7) is 1.72. The molecule has 3 rings (SSSR count). The van der Waals surface area contributed by atoms with Gasteiger partial charge in [-0.2, -0.15) is 13.2 Å². The number of alkyl halides is 3. The van der Waals surface area contributed by atoms with Gasteiger partial charge in [0, 0.05) is 30.0 Å². The predicted molar refractivity (Wildman–Crippen MR) is 128 cm³/mol. The summed E-state index contributed by atoms with van der Waals surface area (Å²) in [4.78, 5) is 26.6. The van der Waals surface area contributed by atoms with Crippen LogP contribution in [-0.2, 0) is 6.18 Å². The van der Waals surface area contributed by atoms with Crippen LogP contribution in [0.15, 0.2) is 66.7 Å². The van der Waals surface area contributed by atoms with E-state index in [4.69, 9.17) is 23.2 Å². The number of urea groups is 1. The Morgan fingerprint density at radius 3 is 2.35 bits per heavy atom. The Balaban J connectivity index is 1.79. The van der Waals surface area contributed by atoms with Crippen molar-refractivity contribution in [1.82, 2.24) is 5.32 Å². The Morgan fingerprint density at radius 2 is 1.68 bits per heavy atom. The van der Waals surface area contributed by atoms with E-state index in [-0.39, 0.29) is 29.4 Å². The van der Waals surface area contributed by atoms with E-state index in [1.807, 2.05) is 13.0 Å². The molecule has 0 aliphatic heterocycles. The molecular weight excluding hydrogens is 490 g/mol. The van der Waals surface area contributed by atoms with E-state index in [2.05, 4.69) is 10.6 Å². The standard InChI is InChI=1S/C24H20Cl2F3N3O2/c1-15-4-2-6-18(12-15)31-23(34)32(19-7-3-5-17(14-19)24(27,28)29)11-10-30-22(33)16-8-9-20(25)21(26)13-16/h2-9,12-14H,10-11H2,1H3,(H,30,33)(H,31,34). The number of hydrogen-bond acceptors (Lipinski definition) is 2. The van der Waals surface area contributed by atoms with Gasteiger partial charge >= 0.3 is 12.2 Å². The average Bonchev–Trinajstić information content (AvgIpc) is 2.78. The molecule has 0 aliphatic rings. The molecule has 3 amide bonds. The van der Waals surface area contributed by atoms with Crippen molar-refractivity contribution in [3.8, 4) is 0 Å². The van der Waals surface area contributed by atoms with Gasteiger partial charge in [-0.1, -0.05) is 41.4 Å². The Kier molecular flexibility index (Phi) is 8.06. The van der Waals surface area contributed by atoms with Gasteiger partial charge in [-0.15, -0.1) is 0 Å². The fraction of sp³-hybridized carbons (Fsp3) is 0.167. The molecule has 10 heteroatoms. The number of amides is 3. The van der Waals surface area contributed by atoms with Gasteiger partial charge in [0.1, 0.15) is 0 Å². The number of rotatable bonds is 6. The zero-order valence-electron chi connectivity index (χ0n) is 17.9. The van der Waals surface area contributed by atoms with Crippen molar-refractivity contribution in [1.29, 1.82) is 0 Å². The van der Waals surface area contributed by atoms with Gasteiger partial charge in [0.2, 0.25) is 0 Å². The van der Waals surface area contributed by atoms with E-state index in [0.717, 1.165) is 22.6 Å². The molecule has 2 N–H and O–H groups in total. The molecule has 0 bridgehead atoms. The SMILES string of the molecule is Cc1cccc(NC(=O)N(CCNC(=O)c2ccc(Cl)c(Cl)c2)c2cccc(C(F)(F)F)c2)c1. The molecule has 34 heavy (non-hydrogen) atoms. The van der Waals surface area contributed by atoms with Crippen LogP contribution in [0.1, 0.15) is 21.5 Å². The van der Waals surface area contributed by atoms with Crippen molar-refractivity contribution in [2.75, 3.05) is 23.3 Å². The van der Waals surface area contributed by atoms with E-state index in [9.17, 15) is 22.8 Å². The number of benzene rings is 3. The zero-order chi connectivity index (χ0) is 24.9. The molecule has 0 radical (unpaired) electrons. The van der Waals surface area contributed by atoms with E-state index in [1.165, 1.54) is 30.3 Å². The Labute approximate surface area is 204 Å². The highest BCUT2D eigenvalue weighted by Gasteiger charge is 2.31. The maximum atomic E-state index is 13.2. The number of carbonyl (C=O) groups excluding carboxylic acids is 2. The molecule has 0 aliphatic carbocycles. The van der Waals surface area contributed by atoms with Crippen LogP contribution in [0.3, 0.4) is 0 Å². The van der Waals surface area contributed by atoms with Gasteiger partial charge in [0.05, 0.1) is 15.6 Å². The molecule has 0 saturated carbocycles. The lowest BCUT2D eigenvalue weighted by molar-refractivity contribution is -0.137. The van der Waals surface area contributed by atoms with Crippen molar-refractivity contribution in [3.05, 3.63) is 93.5 Å². The summed E-state index contributed by atoms with van der Waals surface area (Å²) in [7, 11) is 0. The van der Waals surface area contributed by atoms with Crippen molar-refractivity contribution in [2.45, 2.75) is 13.1 Å². The summed E-state index contributed by atoms with van der Waals surface area (Å²) in [5, 5.41) is 5.82. The second-order valence-electron chi connectivity index (χ2n) is 7.38. The Hall–Kier alpha value is -3.23. The molecule has 0 atom stereocenters. The van der Waals surface area contributed by atoms with Crippen LogP contribution in [0.2, 0.25) is 10.0 Å². The molecule has 0 spiro atoms. The zero-order valence-corrected chi connectivity index (χ0v) is 19.4. The first-order valence-corrected chi connectivity index (χ1v) is 10.9. The normalized spacial score (nSPS) is 11.1. The van der Waals surface area contributed by atoms with Crippen molar-refractivity contribution in [3.63, 3.8) is 0 Å². The smallest absolute Gasteiger partial charge is 0.350 e. The van der Waals surface area contributed by atoms with Crippen molar-refractivity contribution < 1.29 is 22.8 Å². The molecule has 3 aromatic carbocycles. The fourth-order valence-electron chi connectivity index (χ4n) is 3.13. The number of carbonyl (C=O) groups is 2. The van der Waals surface area contributed by atoms with E-state index in [1.54, 1.807) is 18.2 Å². The van der Waals surface area contributed by atoms with E-state index in [0.29, 0.717) is 10.7 Å². The summed E-state index contributed by atoms with van der Waals surface area (Å²) < 4.78 is 39.7. The average molecular weight is 510 g/mol. The predicted octanol–water partition coefficient (Wildman–Crippen LogP) is 6.79. The first-order chi connectivity index (χ1) is 16.0. The highest BCUT2D eigenvalue weighted by Crippen LogP contribution is 2.32. The first kappa shape index (κ1) is 25.4. The molecule has 0 heterocycles. The van der Waals surface area contributed by atoms with Crippen LogP contribution >= 0.6 is 23.2 Å². The maximum Gasteiger partial charge on any atom is 0.416 e. The number of nitrogens with one attached hydrogen (secondary N) is 2. The summed E-state index contributed by atoms with van der Waals surface area (Å²) >= 11 is 11.8.